The first-order valence-corrected chi connectivity index (χ1v) is 16.2. The molecule has 2 bridgehead atoms. The van der Waals surface area contributed by atoms with Crippen molar-refractivity contribution < 1.29 is 25.9 Å². The quantitative estimate of drug-likeness (QED) is 0.281. The topological polar surface area (TPSA) is 150 Å². The average Bonchev–Trinajstić information content (AvgIpc) is 3.31. The Kier molecular flexibility index (Phi) is 10.1. The maximum absolute atomic E-state index is 10.5. The van der Waals surface area contributed by atoms with Gasteiger partial charge in [0.2, 0.25) is 0 Å². The number of hydrogen-bond donors (Lipinski definition) is 3. The Labute approximate surface area is 246 Å². The van der Waals surface area contributed by atoms with E-state index >= 15 is 0 Å². The van der Waals surface area contributed by atoms with Crippen LogP contribution in [0.2, 0.25) is 0 Å². The van der Waals surface area contributed by atoms with Crippen LogP contribution in [-0.2, 0) is 20.2 Å². The molecule has 2 fully saturated rings. The fraction of sp³-hybridized carbons (Fsp3) is 0.267. The number of rotatable bonds is 4. The number of benzene rings is 3. The number of fused-ring (bicyclic) bond motifs is 2. The largest absolute Gasteiger partial charge is 0.352 e. The van der Waals surface area contributed by atoms with Crippen LogP contribution in [-0.4, -0.2) is 61.3 Å². The van der Waals surface area contributed by atoms with E-state index < -0.39 is 20.2 Å². The molecule has 2 aliphatic heterocycles. The first-order valence-electron chi connectivity index (χ1n) is 13.4. The van der Waals surface area contributed by atoms with Gasteiger partial charge in [0.25, 0.3) is 20.2 Å². The molecule has 2 atom stereocenters. The van der Waals surface area contributed by atoms with Gasteiger partial charge in [-0.3, -0.25) is 9.11 Å². The van der Waals surface area contributed by atoms with E-state index in [4.69, 9.17) is 9.11 Å². The fourth-order valence-corrected chi connectivity index (χ4v) is 5.62. The van der Waals surface area contributed by atoms with Crippen LogP contribution in [0, 0.1) is 13.8 Å². The molecule has 4 aromatic rings. The Hall–Kier alpha value is -3.68. The van der Waals surface area contributed by atoms with Crippen LogP contribution in [0.15, 0.2) is 101 Å². The summed E-state index contributed by atoms with van der Waals surface area (Å²) in [5.41, 5.74) is 3.97. The van der Waals surface area contributed by atoms with Crippen LogP contribution in [0.25, 0.3) is 11.3 Å². The Morgan fingerprint density at radius 3 is 1.55 bits per heavy atom. The van der Waals surface area contributed by atoms with Crippen LogP contribution in [0.1, 0.15) is 24.0 Å². The number of anilines is 1. The van der Waals surface area contributed by atoms with Crippen molar-refractivity contribution in [2.45, 2.75) is 48.6 Å². The Bertz CT molecular complexity index is 1580. The lowest BCUT2D eigenvalue weighted by atomic mass is 10.1. The third-order valence-corrected chi connectivity index (χ3v) is 8.63. The number of hydrogen-bond acceptors (Lipinski definition) is 8. The molecule has 222 valence electrons. The van der Waals surface area contributed by atoms with E-state index in [9.17, 15) is 16.8 Å². The van der Waals surface area contributed by atoms with Gasteiger partial charge in [-0.05, 0) is 63.1 Å². The molecule has 2 aliphatic rings. The summed E-state index contributed by atoms with van der Waals surface area (Å²) in [6, 6.07) is 27.6. The smallest absolute Gasteiger partial charge is 0.294 e. The van der Waals surface area contributed by atoms with Crippen LogP contribution < -0.4 is 10.2 Å². The first-order chi connectivity index (χ1) is 19.9. The second kappa shape index (κ2) is 13.5. The average molecular weight is 611 g/mol. The lowest BCUT2D eigenvalue weighted by Gasteiger charge is -2.33. The van der Waals surface area contributed by atoms with Gasteiger partial charge in [0, 0.05) is 30.7 Å². The fourth-order valence-electron chi connectivity index (χ4n) is 4.66. The van der Waals surface area contributed by atoms with Gasteiger partial charge < -0.3 is 10.2 Å². The summed E-state index contributed by atoms with van der Waals surface area (Å²) in [7, 11) is -8.04. The molecule has 0 amide bonds. The molecule has 2 unspecified atom stereocenters. The molecule has 0 saturated carbocycles. The van der Waals surface area contributed by atoms with Gasteiger partial charge in [-0.25, -0.2) is 0 Å². The third-order valence-electron chi connectivity index (χ3n) is 6.90. The van der Waals surface area contributed by atoms with Crippen LogP contribution in [0.5, 0.6) is 0 Å². The summed E-state index contributed by atoms with van der Waals surface area (Å²) in [5, 5.41) is 12.4. The SMILES string of the molecule is Cc1ccc(S(=O)(=O)O)cc1.Cc1ccc(S(=O)(=O)O)cc1.c1ccc(-c2ccc(N3CC4CCC(C3)N4)nn2)cc1. The van der Waals surface area contributed by atoms with E-state index in [0.29, 0.717) is 12.1 Å². The van der Waals surface area contributed by atoms with Crippen LogP contribution in [0.3, 0.4) is 0 Å². The molecule has 3 aromatic carbocycles. The van der Waals surface area contributed by atoms with Gasteiger partial charge in [-0.1, -0.05) is 65.7 Å². The Morgan fingerprint density at radius 2 is 1.14 bits per heavy atom. The van der Waals surface area contributed by atoms with Gasteiger partial charge in [0.05, 0.1) is 15.5 Å². The lowest BCUT2D eigenvalue weighted by molar-refractivity contribution is 0.462. The highest BCUT2D eigenvalue weighted by Gasteiger charge is 2.32. The molecule has 3 heterocycles. The van der Waals surface area contributed by atoms with Crippen molar-refractivity contribution in [2.24, 2.45) is 0 Å². The zero-order chi connectivity index (χ0) is 30.3. The van der Waals surface area contributed by atoms with E-state index in [1.807, 2.05) is 32.0 Å². The number of nitrogens with one attached hydrogen (secondary N) is 1. The van der Waals surface area contributed by atoms with Crippen molar-refractivity contribution in [3.63, 3.8) is 0 Å². The summed E-state index contributed by atoms with van der Waals surface area (Å²) in [6.45, 7) is 5.78. The van der Waals surface area contributed by atoms with Crippen molar-refractivity contribution in [1.82, 2.24) is 15.5 Å². The molecule has 0 aliphatic carbocycles. The summed E-state index contributed by atoms with van der Waals surface area (Å²) in [5.74, 6) is 1.00. The Morgan fingerprint density at radius 1 is 0.667 bits per heavy atom. The highest BCUT2D eigenvalue weighted by molar-refractivity contribution is 7.86. The van der Waals surface area contributed by atoms with Gasteiger partial charge in [-0.15, -0.1) is 10.2 Å². The maximum Gasteiger partial charge on any atom is 0.294 e. The minimum absolute atomic E-state index is 0.0666. The lowest BCUT2D eigenvalue weighted by Crippen LogP contribution is -2.51. The predicted molar refractivity (Wildman–Crippen MR) is 162 cm³/mol. The molecule has 3 N–H and O–H groups in total. The minimum Gasteiger partial charge on any atom is -0.352 e. The van der Waals surface area contributed by atoms with Crippen molar-refractivity contribution >= 4 is 26.1 Å². The van der Waals surface area contributed by atoms with Crippen molar-refractivity contribution in [1.29, 1.82) is 0 Å². The second-order valence-electron chi connectivity index (χ2n) is 10.3. The highest BCUT2D eigenvalue weighted by atomic mass is 32.2. The molecule has 42 heavy (non-hydrogen) atoms. The van der Waals surface area contributed by atoms with Gasteiger partial charge in [0.15, 0.2) is 5.82 Å². The van der Waals surface area contributed by atoms with E-state index in [1.54, 1.807) is 24.3 Å². The van der Waals surface area contributed by atoms with Gasteiger partial charge >= 0.3 is 0 Å². The normalized spacial score (nSPS) is 17.9. The molecule has 10 nitrogen and oxygen atoms in total. The zero-order valence-electron chi connectivity index (χ0n) is 23.3. The standard InChI is InChI=1S/C16H18N4.2C7H8O3S/c1-2-4-12(5-3-1)15-8-9-16(19-18-15)20-10-13-6-7-14(11-20)17-13;2*1-6-2-4-7(5-3-6)11(8,9)10/h1-5,8-9,13-14,17H,6-7,10-11H2;2*2-5H,1H3,(H,8,9,10). The molecular formula is C30H34N4O6S2. The van der Waals surface area contributed by atoms with Crippen LogP contribution >= 0.6 is 0 Å². The molecule has 6 rings (SSSR count). The zero-order valence-corrected chi connectivity index (χ0v) is 25.0. The summed E-state index contributed by atoms with van der Waals surface area (Å²) >= 11 is 0. The van der Waals surface area contributed by atoms with Gasteiger partial charge in [-0.2, -0.15) is 16.8 Å². The van der Waals surface area contributed by atoms with Crippen molar-refractivity contribution in [2.75, 3.05) is 18.0 Å². The highest BCUT2D eigenvalue weighted by Crippen LogP contribution is 2.24. The number of nitrogens with zero attached hydrogens (tertiary/aromatic N) is 3. The third kappa shape index (κ3) is 8.91. The summed E-state index contributed by atoms with van der Waals surface area (Å²) in [6.07, 6.45) is 2.58. The first kappa shape index (κ1) is 31.3. The summed E-state index contributed by atoms with van der Waals surface area (Å²) < 4.78 is 59.1. The molecule has 0 radical (unpaired) electrons. The number of aromatic nitrogens is 2. The summed E-state index contributed by atoms with van der Waals surface area (Å²) in [4.78, 5) is 2.23. The predicted octanol–water partition coefficient (Wildman–Crippen LogP) is 4.57. The molecule has 2 saturated heterocycles. The molecule has 1 aromatic heterocycles. The Balaban J connectivity index is 0.000000158. The van der Waals surface area contributed by atoms with Crippen molar-refractivity contribution in [3.05, 3.63) is 102 Å². The molecular weight excluding hydrogens is 576 g/mol. The van der Waals surface area contributed by atoms with E-state index in [0.717, 1.165) is 41.3 Å². The van der Waals surface area contributed by atoms with E-state index in [2.05, 4.69) is 44.7 Å². The number of aryl methyl sites for hydroxylation is 2. The molecule has 12 heteroatoms. The van der Waals surface area contributed by atoms with E-state index in [-0.39, 0.29) is 9.79 Å². The van der Waals surface area contributed by atoms with E-state index in [1.165, 1.54) is 37.1 Å². The second-order valence-corrected chi connectivity index (χ2v) is 13.1. The van der Waals surface area contributed by atoms with Gasteiger partial charge in [0.1, 0.15) is 0 Å². The van der Waals surface area contributed by atoms with Crippen molar-refractivity contribution in [3.8, 4) is 11.3 Å². The maximum atomic E-state index is 10.5. The molecule has 0 spiro atoms. The minimum atomic E-state index is -4.02. The van der Waals surface area contributed by atoms with Crippen LogP contribution in [0.4, 0.5) is 5.82 Å². The number of piperazine rings is 1. The monoisotopic (exact) mass is 610 g/mol.